The molecule has 0 spiro atoms. The average molecular weight is 602 g/mol. The highest BCUT2D eigenvalue weighted by atomic mass is 16.5. The van der Waals surface area contributed by atoms with Crippen LogP contribution in [0.15, 0.2) is 0 Å². The molecular weight excluding hydrogens is 550 g/mol. The fourth-order valence-electron chi connectivity index (χ4n) is 4.31. The third kappa shape index (κ3) is 23.5. The van der Waals surface area contributed by atoms with Gasteiger partial charge in [0.15, 0.2) is 0 Å². The van der Waals surface area contributed by atoms with Crippen molar-refractivity contribution < 1.29 is 48.8 Å². The summed E-state index contributed by atoms with van der Waals surface area (Å²) >= 11 is 0. The topological polar surface area (TPSA) is 208 Å². The second kappa shape index (κ2) is 25.5. The van der Waals surface area contributed by atoms with E-state index in [-0.39, 0.29) is 56.2 Å². The minimum absolute atomic E-state index is 0.00896. The van der Waals surface area contributed by atoms with Crippen molar-refractivity contribution in [1.82, 2.24) is 16.0 Å². The molecule has 0 aromatic rings. The van der Waals surface area contributed by atoms with Crippen LogP contribution >= 0.6 is 0 Å². The van der Waals surface area contributed by atoms with E-state index in [1.807, 2.05) is 0 Å². The molecule has 0 aliphatic carbocycles. The van der Waals surface area contributed by atoms with Crippen molar-refractivity contribution in [2.75, 3.05) is 20.3 Å². The van der Waals surface area contributed by atoms with Crippen molar-refractivity contribution >= 4 is 35.6 Å². The van der Waals surface area contributed by atoms with E-state index in [1.54, 1.807) is 0 Å². The first-order valence-electron chi connectivity index (χ1n) is 15.1. The highest BCUT2D eigenvalue weighted by Crippen LogP contribution is 2.13. The zero-order chi connectivity index (χ0) is 31.6. The molecule has 0 aliphatic rings. The van der Waals surface area contributed by atoms with Gasteiger partial charge in [0.2, 0.25) is 17.7 Å². The summed E-state index contributed by atoms with van der Waals surface area (Å²) < 4.78 is 4.84. The zero-order valence-corrected chi connectivity index (χ0v) is 25.0. The molecule has 3 amide bonds. The SMILES string of the molecule is COCCNC(=O)CCC(NC(=O)CCCCCCCCCCCCCCC(=O)NC(CCC(=O)O)C(=O)O)C(=O)O. The average Bonchev–Trinajstić information content (AvgIpc) is 2.93. The molecular formula is C29H51N3O10. The summed E-state index contributed by atoms with van der Waals surface area (Å²) in [6.07, 6.45) is 11.9. The van der Waals surface area contributed by atoms with E-state index in [1.165, 1.54) is 7.11 Å². The fourth-order valence-corrected chi connectivity index (χ4v) is 4.31. The van der Waals surface area contributed by atoms with Crippen LogP contribution in [0.4, 0.5) is 0 Å². The van der Waals surface area contributed by atoms with Gasteiger partial charge in [-0.2, -0.15) is 0 Å². The van der Waals surface area contributed by atoms with E-state index >= 15 is 0 Å². The van der Waals surface area contributed by atoms with Crippen LogP contribution in [0.3, 0.4) is 0 Å². The molecule has 0 saturated heterocycles. The molecule has 2 atom stereocenters. The van der Waals surface area contributed by atoms with Crippen molar-refractivity contribution in [3.05, 3.63) is 0 Å². The number of ether oxygens (including phenoxy) is 1. The molecule has 0 saturated carbocycles. The minimum Gasteiger partial charge on any atom is -0.481 e. The predicted octanol–water partition coefficient (Wildman–Crippen LogP) is 2.99. The normalized spacial score (nSPS) is 12.2. The van der Waals surface area contributed by atoms with E-state index in [0.29, 0.717) is 26.0 Å². The summed E-state index contributed by atoms with van der Waals surface area (Å²) in [6, 6.07) is -2.26. The van der Waals surface area contributed by atoms with Crippen LogP contribution in [0.1, 0.15) is 116 Å². The zero-order valence-electron chi connectivity index (χ0n) is 25.0. The molecule has 13 heteroatoms. The Morgan fingerprint density at radius 3 is 1.29 bits per heavy atom. The fraction of sp³-hybridized carbons (Fsp3) is 0.793. The van der Waals surface area contributed by atoms with Crippen molar-refractivity contribution in [3.63, 3.8) is 0 Å². The van der Waals surface area contributed by atoms with Gasteiger partial charge in [0.05, 0.1) is 6.61 Å². The lowest BCUT2D eigenvalue weighted by molar-refractivity contribution is -0.143. The first kappa shape index (κ1) is 38.8. The van der Waals surface area contributed by atoms with Crippen LogP contribution in [0.5, 0.6) is 0 Å². The number of hydrogen-bond donors (Lipinski definition) is 6. The molecule has 0 aromatic carbocycles. The van der Waals surface area contributed by atoms with Gasteiger partial charge >= 0.3 is 17.9 Å². The predicted molar refractivity (Wildman–Crippen MR) is 155 cm³/mol. The number of methoxy groups -OCH3 is 1. The number of hydrogen-bond acceptors (Lipinski definition) is 7. The van der Waals surface area contributed by atoms with Crippen molar-refractivity contribution in [1.29, 1.82) is 0 Å². The maximum atomic E-state index is 12.1. The molecule has 2 unspecified atom stereocenters. The number of carbonyl (C=O) groups is 6. The first-order valence-corrected chi connectivity index (χ1v) is 15.1. The van der Waals surface area contributed by atoms with Crippen LogP contribution in [-0.2, 0) is 33.5 Å². The third-order valence-corrected chi connectivity index (χ3v) is 6.76. The molecule has 0 rings (SSSR count). The van der Waals surface area contributed by atoms with Gasteiger partial charge in [0.25, 0.3) is 0 Å². The number of rotatable bonds is 28. The van der Waals surface area contributed by atoms with Crippen LogP contribution < -0.4 is 16.0 Å². The number of carboxylic acid groups (broad SMARTS) is 3. The van der Waals surface area contributed by atoms with E-state index < -0.39 is 30.0 Å². The number of amides is 3. The van der Waals surface area contributed by atoms with E-state index in [9.17, 15) is 33.9 Å². The number of carbonyl (C=O) groups excluding carboxylic acids is 3. The Labute approximate surface area is 248 Å². The molecule has 0 radical (unpaired) electrons. The van der Waals surface area contributed by atoms with Crippen molar-refractivity contribution in [2.24, 2.45) is 0 Å². The number of nitrogens with one attached hydrogen (secondary N) is 3. The van der Waals surface area contributed by atoms with E-state index in [0.717, 1.165) is 64.2 Å². The van der Waals surface area contributed by atoms with Crippen LogP contribution in [0.25, 0.3) is 0 Å². The molecule has 0 heterocycles. The van der Waals surface area contributed by atoms with Gasteiger partial charge in [-0.05, 0) is 25.7 Å². The van der Waals surface area contributed by atoms with Crippen LogP contribution in [0.2, 0.25) is 0 Å². The first-order chi connectivity index (χ1) is 20.1. The lowest BCUT2D eigenvalue weighted by atomic mass is 10.0. The molecule has 0 fully saturated rings. The smallest absolute Gasteiger partial charge is 0.326 e. The Hall–Kier alpha value is -3.22. The van der Waals surface area contributed by atoms with Gasteiger partial charge in [0.1, 0.15) is 12.1 Å². The highest BCUT2D eigenvalue weighted by molar-refractivity contribution is 5.85. The van der Waals surface area contributed by atoms with Gasteiger partial charge in [-0.25, -0.2) is 9.59 Å². The Kier molecular flexibility index (Phi) is 23.5. The Bertz CT molecular complexity index is 821. The van der Waals surface area contributed by atoms with Crippen LogP contribution in [0, 0.1) is 0 Å². The molecule has 0 aromatic heterocycles. The van der Waals surface area contributed by atoms with Gasteiger partial charge in [0, 0.05) is 39.3 Å². The van der Waals surface area contributed by atoms with Gasteiger partial charge in [-0.3, -0.25) is 19.2 Å². The van der Waals surface area contributed by atoms with Crippen molar-refractivity contribution in [2.45, 2.75) is 128 Å². The van der Waals surface area contributed by atoms with Crippen LogP contribution in [-0.4, -0.2) is 83.3 Å². The van der Waals surface area contributed by atoms with Gasteiger partial charge < -0.3 is 36.0 Å². The minimum atomic E-state index is -1.23. The Balaban J connectivity index is 3.71. The molecule has 13 nitrogen and oxygen atoms in total. The quantitative estimate of drug-likeness (QED) is 0.0722. The molecule has 0 aliphatic heterocycles. The maximum Gasteiger partial charge on any atom is 0.326 e. The lowest BCUT2D eigenvalue weighted by Gasteiger charge is -2.14. The Morgan fingerprint density at radius 2 is 0.929 bits per heavy atom. The largest absolute Gasteiger partial charge is 0.481 e. The molecule has 42 heavy (non-hydrogen) atoms. The second-order valence-electron chi connectivity index (χ2n) is 10.5. The van der Waals surface area contributed by atoms with E-state index in [4.69, 9.17) is 14.9 Å². The summed E-state index contributed by atoms with van der Waals surface area (Å²) in [5, 5.41) is 34.6. The number of aliphatic carboxylic acids is 3. The lowest BCUT2D eigenvalue weighted by Crippen LogP contribution is -2.41. The van der Waals surface area contributed by atoms with E-state index in [2.05, 4.69) is 16.0 Å². The molecule has 6 N–H and O–H groups in total. The van der Waals surface area contributed by atoms with Crippen molar-refractivity contribution in [3.8, 4) is 0 Å². The van der Waals surface area contributed by atoms with Gasteiger partial charge in [-0.1, -0.05) is 64.2 Å². The second-order valence-corrected chi connectivity index (χ2v) is 10.5. The Morgan fingerprint density at radius 1 is 0.548 bits per heavy atom. The van der Waals surface area contributed by atoms with Gasteiger partial charge in [-0.15, -0.1) is 0 Å². The summed E-state index contributed by atoms with van der Waals surface area (Å²) in [7, 11) is 1.52. The summed E-state index contributed by atoms with van der Waals surface area (Å²) in [5.41, 5.74) is 0. The maximum absolute atomic E-state index is 12.1. The highest BCUT2D eigenvalue weighted by Gasteiger charge is 2.21. The molecule has 0 bridgehead atoms. The standard InChI is InChI=1S/C29H51N3O10/c1-42-21-20-30-24(33)18-16-22(28(38)39)31-25(34)14-12-10-8-6-4-2-3-5-7-9-11-13-15-26(35)32-23(29(40)41)17-19-27(36)37/h22-23H,2-21H2,1H3,(H,30,33)(H,31,34)(H,32,35)(H,36,37)(H,38,39)(H,40,41). The third-order valence-electron chi connectivity index (χ3n) is 6.76. The summed E-state index contributed by atoms with van der Waals surface area (Å²) in [4.78, 5) is 68.8. The summed E-state index contributed by atoms with van der Waals surface area (Å²) in [6.45, 7) is 0.724. The number of carboxylic acids is 3. The monoisotopic (exact) mass is 601 g/mol. The number of unbranched alkanes of at least 4 members (excludes halogenated alkanes) is 11. The molecule has 242 valence electrons. The summed E-state index contributed by atoms with van der Waals surface area (Å²) in [5.74, 6) is -4.45.